The second kappa shape index (κ2) is 9.87. The van der Waals surface area contributed by atoms with Gasteiger partial charge in [-0.2, -0.15) is 0 Å². The third kappa shape index (κ3) is 5.44. The molecule has 0 N–H and O–H groups in total. The number of halogens is 2. The number of hydrogen-bond donors (Lipinski definition) is 0. The van der Waals surface area contributed by atoms with Crippen LogP contribution in [0.25, 0.3) is 0 Å². The molecule has 1 heterocycles. The van der Waals surface area contributed by atoms with Crippen LogP contribution in [-0.4, -0.2) is 38.2 Å². The number of nitrogens with zero attached hydrogens (tertiary/aromatic N) is 2. The van der Waals surface area contributed by atoms with E-state index in [1.807, 2.05) is 0 Å². The van der Waals surface area contributed by atoms with Crippen molar-refractivity contribution in [2.24, 2.45) is 5.92 Å². The summed E-state index contributed by atoms with van der Waals surface area (Å²) in [5.74, 6) is -1.19. The van der Waals surface area contributed by atoms with Crippen LogP contribution < -0.4 is 9.64 Å². The van der Waals surface area contributed by atoms with Gasteiger partial charge in [0.2, 0.25) is 0 Å². The summed E-state index contributed by atoms with van der Waals surface area (Å²) in [7, 11) is 2.12. The molecular weight excluding hydrogens is 358 g/mol. The Morgan fingerprint density at radius 1 is 1.04 bits per heavy atom. The van der Waals surface area contributed by atoms with Gasteiger partial charge in [0.15, 0.2) is 17.4 Å². The minimum absolute atomic E-state index is 0.252. The molecule has 3 rings (SSSR count). The van der Waals surface area contributed by atoms with Crippen molar-refractivity contribution in [2.45, 2.75) is 32.7 Å². The van der Waals surface area contributed by atoms with Crippen molar-refractivity contribution in [3.8, 4) is 5.75 Å². The van der Waals surface area contributed by atoms with Crippen LogP contribution >= 0.6 is 0 Å². The Labute approximate surface area is 166 Å². The minimum Gasteiger partial charge on any atom is -0.487 e. The second-order valence-electron chi connectivity index (χ2n) is 7.67. The van der Waals surface area contributed by atoms with Gasteiger partial charge in [-0.05, 0) is 68.1 Å². The first-order chi connectivity index (χ1) is 13.6. The van der Waals surface area contributed by atoms with Crippen LogP contribution in [0.3, 0.4) is 0 Å². The molecule has 0 aromatic heterocycles. The Bertz CT molecular complexity index is 723. The number of hydrogen-bond acceptors (Lipinski definition) is 3. The van der Waals surface area contributed by atoms with E-state index in [2.05, 4.69) is 48.0 Å². The molecule has 2 aromatic rings. The summed E-state index contributed by atoms with van der Waals surface area (Å²) in [6.45, 7) is 6.51. The fourth-order valence-electron chi connectivity index (χ4n) is 3.71. The molecule has 1 aliphatic heterocycles. The predicted octanol–water partition coefficient (Wildman–Crippen LogP) is 5.10. The van der Waals surface area contributed by atoms with E-state index in [-0.39, 0.29) is 5.75 Å². The van der Waals surface area contributed by atoms with Gasteiger partial charge in [-0.1, -0.05) is 25.1 Å². The van der Waals surface area contributed by atoms with E-state index in [9.17, 15) is 8.78 Å². The van der Waals surface area contributed by atoms with Gasteiger partial charge in [0, 0.05) is 25.8 Å². The molecule has 5 heteroatoms. The van der Waals surface area contributed by atoms with E-state index in [1.165, 1.54) is 29.4 Å². The first kappa shape index (κ1) is 20.6. The van der Waals surface area contributed by atoms with E-state index in [1.54, 1.807) is 0 Å². The zero-order valence-electron chi connectivity index (χ0n) is 16.8. The average molecular weight is 389 g/mol. The number of benzene rings is 2. The van der Waals surface area contributed by atoms with Gasteiger partial charge < -0.3 is 9.64 Å². The highest BCUT2D eigenvalue weighted by molar-refractivity contribution is 5.46. The van der Waals surface area contributed by atoms with Gasteiger partial charge in [0.1, 0.15) is 0 Å². The summed E-state index contributed by atoms with van der Waals surface area (Å²) >= 11 is 0. The van der Waals surface area contributed by atoms with Gasteiger partial charge in [0.25, 0.3) is 0 Å². The van der Waals surface area contributed by atoms with E-state index >= 15 is 0 Å². The van der Waals surface area contributed by atoms with Crippen LogP contribution in [-0.2, 0) is 6.54 Å². The lowest BCUT2D eigenvalue weighted by Crippen LogP contribution is -2.35. The topological polar surface area (TPSA) is 15.7 Å². The summed E-state index contributed by atoms with van der Waals surface area (Å²) in [5, 5.41) is 0. The number of piperidine rings is 1. The van der Waals surface area contributed by atoms with Crippen molar-refractivity contribution in [3.63, 3.8) is 0 Å². The fraction of sp³-hybridized carbons (Fsp3) is 0.478. The van der Waals surface area contributed by atoms with Crippen LogP contribution in [0, 0.1) is 17.6 Å². The zero-order valence-corrected chi connectivity index (χ0v) is 16.8. The summed E-state index contributed by atoms with van der Waals surface area (Å²) in [6, 6.07) is 12.6. The maximum atomic E-state index is 13.7. The maximum Gasteiger partial charge on any atom is 0.190 e. The molecule has 0 unspecified atom stereocenters. The normalized spacial score (nSPS) is 15.6. The molecule has 2 aromatic carbocycles. The molecule has 3 nitrogen and oxygen atoms in total. The highest BCUT2D eigenvalue weighted by Crippen LogP contribution is 2.25. The molecule has 1 saturated heterocycles. The standard InChI is InChI=1S/C23H30F2N2O/c1-3-13-26(2)20-9-7-18(8-10-20)16-27-14-11-19(12-15-27)17-28-23-21(24)5-4-6-22(23)25/h4-10,19H,3,11-17H2,1-2H3. The van der Waals surface area contributed by atoms with Crippen molar-refractivity contribution in [2.75, 3.05) is 38.2 Å². The lowest BCUT2D eigenvalue weighted by Gasteiger charge is -2.32. The van der Waals surface area contributed by atoms with Crippen LogP contribution in [0.4, 0.5) is 14.5 Å². The van der Waals surface area contributed by atoms with Crippen molar-refractivity contribution < 1.29 is 13.5 Å². The molecule has 28 heavy (non-hydrogen) atoms. The summed E-state index contributed by atoms with van der Waals surface area (Å²) in [5.41, 5.74) is 2.57. The van der Waals surface area contributed by atoms with E-state index in [0.717, 1.165) is 45.4 Å². The van der Waals surface area contributed by atoms with Gasteiger partial charge in [0.05, 0.1) is 6.61 Å². The smallest absolute Gasteiger partial charge is 0.190 e. The molecule has 0 spiro atoms. The summed E-state index contributed by atoms with van der Waals surface area (Å²) < 4.78 is 32.8. The maximum absolute atomic E-state index is 13.7. The van der Waals surface area contributed by atoms with E-state index in [4.69, 9.17) is 4.74 Å². The monoisotopic (exact) mass is 388 g/mol. The zero-order chi connectivity index (χ0) is 19.9. The van der Waals surface area contributed by atoms with Crippen molar-refractivity contribution in [3.05, 3.63) is 59.7 Å². The Morgan fingerprint density at radius 2 is 1.68 bits per heavy atom. The summed E-state index contributed by atoms with van der Waals surface area (Å²) in [4.78, 5) is 4.71. The first-order valence-corrected chi connectivity index (χ1v) is 10.2. The Morgan fingerprint density at radius 3 is 2.29 bits per heavy atom. The molecule has 0 atom stereocenters. The molecule has 0 bridgehead atoms. The molecule has 0 aliphatic carbocycles. The number of ether oxygens (including phenoxy) is 1. The Balaban J connectivity index is 1.44. The van der Waals surface area contributed by atoms with Crippen molar-refractivity contribution >= 4 is 5.69 Å². The van der Waals surface area contributed by atoms with Crippen LogP contribution in [0.2, 0.25) is 0 Å². The average Bonchev–Trinajstić information content (AvgIpc) is 2.69. The number of para-hydroxylation sites is 1. The molecule has 0 saturated carbocycles. The Hall–Kier alpha value is -2.14. The summed E-state index contributed by atoms with van der Waals surface area (Å²) in [6.07, 6.45) is 3.10. The van der Waals surface area contributed by atoms with E-state index in [0.29, 0.717) is 12.5 Å². The first-order valence-electron chi connectivity index (χ1n) is 10.2. The van der Waals surface area contributed by atoms with Gasteiger partial charge in [-0.25, -0.2) is 8.78 Å². The number of likely N-dealkylation sites (tertiary alicyclic amines) is 1. The third-order valence-electron chi connectivity index (χ3n) is 5.43. The quantitative estimate of drug-likeness (QED) is 0.626. The van der Waals surface area contributed by atoms with Crippen LogP contribution in [0.15, 0.2) is 42.5 Å². The fourth-order valence-corrected chi connectivity index (χ4v) is 3.71. The number of anilines is 1. The lowest BCUT2D eigenvalue weighted by molar-refractivity contribution is 0.132. The van der Waals surface area contributed by atoms with Gasteiger partial charge in [-0.15, -0.1) is 0 Å². The van der Waals surface area contributed by atoms with Crippen molar-refractivity contribution in [1.82, 2.24) is 4.90 Å². The largest absolute Gasteiger partial charge is 0.487 e. The Kier molecular flexibility index (Phi) is 7.26. The van der Waals surface area contributed by atoms with Gasteiger partial charge in [-0.3, -0.25) is 4.90 Å². The molecule has 1 fully saturated rings. The molecule has 1 aliphatic rings. The minimum atomic E-state index is -0.634. The predicted molar refractivity (Wildman–Crippen MR) is 110 cm³/mol. The number of rotatable bonds is 8. The molecule has 0 amide bonds. The third-order valence-corrected chi connectivity index (χ3v) is 5.43. The SMILES string of the molecule is CCCN(C)c1ccc(CN2CCC(COc3c(F)cccc3F)CC2)cc1. The lowest BCUT2D eigenvalue weighted by atomic mass is 9.97. The van der Waals surface area contributed by atoms with Gasteiger partial charge >= 0.3 is 0 Å². The van der Waals surface area contributed by atoms with Crippen LogP contribution in [0.5, 0.6) is 5.75 Å². The van der Waals surface area contributed by atoms with Crippen molar-refractivity contribution in [1.29, 1.82) is 0 Å². The second-order valence-corrected chi connectivity index (χ2v) is 7.67. The van der Waals surface area contributed by atoms with Crippen LogP contribution in [0.1, 0.15) is 31.7 Å². The highest BCUT2D eigenvalue weighted by Gasteiger charge is 2.21. The van der Waals surface area contributed by atoms with E-state index < -0.39 is 11.6 Å². The molecule has 0 radical (unpaired) electrons. The highest BCUT2D eigenvalue weighted by atomic mass is 19.1. The molecular formula is C23H30F2N2O. The molecule has 152 valence electrons.